The molecule has 1 rings (SSSR count). The maximum absolute atomic E-state index is 11.9. The average Bonchev–Trinajstić information content (AvgIpc) is 2.76. The fraction of sp³-hybridized carbons (Fsp3) is 0.645. The molecule has 0 spiro atoms. The van der Waals surface area contributed by atoms with Crippen LogP contribution in [0.1, 0.15) is 82.1 Å². The highest BCUT2D eigenvalue weighted by Crippen LogP contribution is 2.44. The zero-order chi connectivity index (χ0) is 28.1. The van der Waals surface area contributed by atoms with Crippen LogP contribution in [0.25, 0.3) is 0 Å². The Balaban J connectivity index is 2.79. The molecule has 6 heteroatoms. The van der Waals surface area contributed by atoms with E-state index in [9.17, 15) is 4.79 Å². The monoisotopic (exact) mass is 533 g/mol. The van der Waals surface area contributed by atoms with Crippen molar-refractivity contribution in [2.24, 2.45) is 5.41 Å². The lowest BCUT2D eigenvalue weighted by Gasteiger charge is -2.37. The second-order valence-corrected chi connectivity index (χ2v) is 12.4. The molecule has 0 radical (unpaired) electrons. The van der Waals surface area contributed by atoms with Gasteiger partial charge in [0.1, 0.15) is 5.60 Å². The van der Waals surface area contributed by atoms with E-state index in [4.69, 9.17) is 14.2 Å². The molecule has 5 nitrogen and oxygen atoms in total. The van der Waals surface area contributed by atoms with Crippen LogP contribution in [0.15, 0.2) is 58.7 Å². The number of carbonyl (C=O) groups is 1. The molecular weight excluding hydrogens is 482 g/mol. The fourth-order valence-corrected chi connectivity index (χ4v) is 5.32. The van der Waals surface area contributed by atoms with Gasteiger partial charge in [-0.25, -0.2) is 4.79 Å². The topological polar surface area (TPSA) is 56.8 Å². The number of hydrogen-bond acceptors (Lipinski definition) is 5. The first-order valence-electron chi connectivity index (χ1n) is 13.5. The molecule has 210 valence electrons. The van der Waals surface area contributed by atoms with Crippen molar-refractivity contribution in [1.29, 1.82) is 0 Å². The minimum atomic E-state index is -0.471. The minimum absolute atomic E-state index is 0.148. The second-order valence-electron chi connectivity index (χ2n) is 11.1. The average molecular weight is 534 g/mol. The van der Waals surface area contributed by atoms with Crippen LogP contribution in [0.2, 0.25) is 0 Å². The summed E-state index contributed by atoms with van der Waals surface area (Å²) in [6.07, 6.45) is 14.4. The van der Waals surface area contributed by atoms with E-state index in [1.54, 1.807) is 0 Å². The molecule has 1 aliphatic carbocycles. The summed E-state index contributed by atoms with van der Waals surface area (Å²) in [6, 6.07) is 0. The zero-order valence-electron chi connectivity index (χ0n) is 24.9. The third-order valence-electron chi connectivity index (χ3n) is 6.05. The van der Waals surface area contributed by atoms with E-state index in [0.29, 0.717) is 25.0 Å². The van der Waals surface area contributed by atoms with Crippen molar-refractivity contribution in [3.8, 4) is 0 Å². The minimum Gasteiger partial charge on any atom is -0.444 e. The van der Waals surface area contributed by atoms with Crippen LogP contribution in [-0.2, 0) is 14.2 Å². The molecule has 1 aliphatic rings. The van der Waals surface area contributed by atoms with Gasteiger partial charge in [-0.1, -0.05) is 60.9 Å². The lowest BCUT2D eigenvalue weighted by Crippen LogP contribution is -2.34. The van der Waals surface area contributed by atoms with Gasteiger partial charge in [-0.15, -0.1) is 0 Å². The highest BCUT2D eigenvalue weighted by atomic mass is 32.2. The van der Waals surface area contributed by atoms with Crippen molar-refractivity contribution in [1.82, 2.24) is 5.32 Å². The Bertz CT molecular complexity index is 868. The van der Waals surface area contributed by atoms with Gasteiger partial charge in [0, 0.05) is 30.8 Å². The molecular formula is C31H51NO4S. The molecule has 1 amide bonds. The number of rotatable bonds is 13. The Morgan fingerprint density at radius 2 is 1.78 bits per heavy atom. The largest absolute Gasteiger partial charge is 0.444 e. The molecule has 0 heterocycles. The van der Waals surface area contributed by atoms with E-state index in [0.717, 1.165) is 24.2 Å². The third kappa shape index (κ3) is 13.6. The number of ether oxygens (including phenoxy) is 3. The molecule has 0 aromatic carbocycles. The maximum Gasteiger partial charge on any atom is 0.407 e. The first kappa shape index (κ1) is 33.3. The molecule has 37 heavy (non-hydrogen) atoms. The van der Waals surface area contributed by atoms with Crippen LogP contribution < -0.4 is 5.32 Å². The van der Waals surface area contributed by atoms with Gasteiger partial charge in [0.2, 0.25) is 0 Å². The number of nitrogens with one attached hydrogen (secondary N) is 1. The van der Waals surface area contributed by atoms with E-state index < -0.39 is 5.60 Å². The Hall–Kier alpha value is -1.76. The van der Waals surface area contributed by atoms with E-state index in [2.05, 4.69) is 70.3 Å². The van der Waals surface area contributed by atoms with Gasteiger partial charge in [0.25, 0.3) is 0 Å². The lowest BCUT2D eigenvalue weighted by atomic mass is 9.72. The first-order chi connectivity index (χ1) is 17.3. The summed E-state index contributed by atoms with van der Waals surface area (Å²) in [7, 11) is 0. The number of allylic oxidation sites excluding steroid dienone is 8. The van der Waals surface area contributed by atoms with Gasteiger partial charge in [0.05, 0.1) is 0 Å². The van der Waals surface area contributed by atoms with Gasteiger partial charge < -0.3 is 19.5 Å². The summed E-state index contributed by atoms with van der Waals surface area (Å²) in [6.45, 7) is 22.5. The quantitative estimate of drug-likeness (QED) is 0.147. The molecule has 0 aromatic rings. The Morgan fingerprint density at radius 1 is 1.14 bits per heavy atom. The highest BCUT2D eigenvalue weighted by molar-refractivity contribution is 8.00. The fourth-order valence-electron chi connectivity index (χ4n) is 4.15. The molecule has 0 fully saturated rings. The summed E-state index contributed by atoms with van der Waals surface area (Å²) in [4.78, 5) is 11.9. The van der Waals surface area contributed by atoms with Crippen molar-refractivity contribution in [3.05, 3.63) is 58.7 Å². The van der Waals surface area contributed by atoms with Crippen LogP contribution in [-0.4, -0.2) is 48.7 Å². The lowest BCUT2D eigenvalue weighted by molar-refractivity contribution is -0.104. The van der Waals surface area contributed by atoms with Gasteiger partial charge in [-0.3, -0.25) is 0 Å². The first-order valence-corrected chi connectivity index (χ1v) is 14.6. The van der Waals surface area contributed by atoms with Gasteiger partial charge >= 0.3 is 6.09 Å². The summed E-state index contributed by atoms with van der Waals surface area (Å²) in [5.74, 6) is 0.864. The molecule has 1 atom stereocenters. The Kier molecular flexibility index (Phi) is 14.6. The molecule has 1 unspecified atom stereocenters. The molecule has 0 bridgehead atoms. The van der Waals surface area contributed by atoms with E-state index in [-0.39, 0.29) is 17.8 Å². The van der Waals surface area contributed by atoms with Crippen molar-refractivity contribution in [2.75, 3.05) is 25.5 Å². The van der Waals surface area contributed by atoms with Crippen molar-refractivity contribution in [3.63, 3.8) is 0 Å². The van der Waals surface area contributed by atoms with Crippen LogP contribution >= 0.6 is 11.8 Å². The van der Waals surface area contributed by atoms with Crippen LogP contribution in [0.4, 0.5) is 4.79 Å². The number of thioether (sulfide) groups is 1. The normalized spacial score (nSPS) is 19.4. The van der Waals surface area contributed by atoms with E-state index >= 15 is 0 Å². The summed E-state index contributed by atoms with van der Waals surface area (Å²) in [5, 5.41) is 3.33. The Labute approximate surface area is 230 Å². The highest BCUT2D eigenvalue weighted by Gasteiger charge is 2.32. The van der Waals surface area contributed by atoms with Crippen LogP contribution in [0.3, 0.4) is 0 Å². The number of alkyl carbamates (subject to hydrolysis) is 1. The standard InChI is InChI=1S/C31H51NO4S/c1-11-34-28(35-12-2)22-24(4)15-13-14-23(3)16-17-26-25(5)27(18-19-31(26,9)10)37-21-20-32-29(33)36-30(6,7)8/h13-17,22,27-28H,11-12,18-21H2,1-10H3,(H,32,33). The number of carbonyl (C=O) groups excluding carboxylic acids is 1. The predicted molar refractivity (Wildman–Crippen MR) is 159 cm³/mol. The van der Waals surface area contributed by atoms with Gasteiger partial charge in [0.15, 0.2) is 6.29 Å². The predicted octanol–water partition coefficient (Wildman–Crippen LogP) is 8.15. The Morgan fingerprint density at radius 3 is 2.38 bits per heavy atom. The van der Waals surface area contributed by atoms with Crippen LogP contribution in [0.5, 0.6) is 0 Å². The molecule has 1 N–H and O–H groups in total. The van der Waals surface area contributed by atoms with Crippen molar-refractivity contribution in [2.45, 2.75) is 99.2 Å². The maximum atomic E-state index is 11.9. The molecule has 0 saturated heterocycles. The SMILES string of the molecule is CCOC(C=C(C)C=CC=C(C)C=CC1=C(C)C(SCCNC(=O)OC(C)(C)C)CCC1(C)C)OCC. The van der Waals surface area contributed by atoms with Gasteiger partial charge in [-0.05, 0) is 85.3 Å². The molecule has 0 aliphatic heterocycles. The molecule has 0 saturated carbocycles. The smallest absolute Gasteiger partial charge is 0.407 e. The number of amides is 1. The van der Waals surface area contributed by atoms with Crippen molar-refractivity contribution < 1.29 is 19.0 Å². The summed E-state index contributed by atoms with van der Waals surface area (Å²) >= 11 is 1.92. The number of hydrogen-bond donors (Lipinski definition) is 1. The molecule has 0 aromatic heterocycles. The summed E-state index contributed by atoms with van der Waals surface area (Å²) < 4.78 is 16.5. The zero-order valence-corrected chi connectivity index (χ0v) is 25.7. The summed E-state index contributed by atoms with van der Waals surface area (Å²) in [5.41, 5.74) is 4.84. The van der Waals surface area contributed by atoms with Crippen LogP contribution in [0, 0.1) is 5.41 Å². The van der Waals surface area contributed by atoms with Crippen molar-refractivity contribution >= 4 is 17.9 Å². The second kappa shape index (κ2) is 16.3. The van der Waals surface area contributed by atoms with Gasteiger partial charge in [-0.2, -0.15) is 11.8 Å². The van der Waals surface area contributed by atoms with E-state index in [1.807, 2.05) is 52.5 Å². The van der Waals surface area contributed by atoms with E-state index in [1.165, 1.54) is 16.7 Å². The third-order valence-corrected chi connectivity index (χ3v) is 7.48.